The highest BCUT2D eigenvalue weighted by Gasteiger charge is 2.50. The first-order valence-corrected chi connectivity index (χ1v) is 15.0. The second-order valence-electron chi connectivity index (χ2n) is 12.0. The molecule has 5 rings (SSSR count). The van der Waals surface area contributed by atoms with Crippen LogP contribution in [0.1, 0.15) is 51.5 Å². The quantitative estimate of drug-likeness (QED) is 0.253. The van der Waals surface area contributed by atoms with Gasteiger partial charge in [-0.2, -0.15) is 0 Å². The molecule has 1 aliphatic carbocycles. The number of morpholine rings is 1. The number of nitrogens with zero attached hydrogens (tertiary/aromatic N) is 2. The number of rotatable bonds is 13. The molecule has 12 nitrogen and oxygen atoms in total. The van der Waals surface area contributed by atoms with E-state index in [4.69, 9.17) is 9.47 Å². The lowest BCUT2D eigenvalue weighted by molar-refractivity contribution is -0.134. The number of Topliss-reactive ketones (excluding diaryl/α,β-unsaturated/α-hetero) is 1. The summed E-state index contributed by atoms with van der Waals surface area (Å²) >= 11 is 0. The number of ketones is 1. The first-order valence-electron chi connectivity index (χ1n) is 15.0. The largest absolute Gasteiger partial charge is 0.379 e. The number of epoxide rings is 1. The molecule has 3 aliphatic rings. The van der Waals surface area contributed by atoms with Gasteiger partial charge in [0, 0.05) is 19.5 Å². The van der Waals surface area contributed by atoms with Crippen LogP contribution in [0.3, 0.4) is 0 Å². The molecule has 1 aromatic carbocycles. The number of aromatic amines is 1. The van der Waals surface area contributed by atoms with Crippen molar-refractivity contribution in [1.29, 1.82) is 0 Å². The Hall–Kier alpha value is -3.35. The van der Waals surface area contributed by atoms with E-state index in [-0.39, 0.29) is 24.7 Å². The molecule has 4 N–H and O–H groups in total. The summed E-state index contributed by atoms with van der Waals surface area (Å²) in [5.74, 6) is -0.974. The van der Waals surface area contributed by atoms with E-state index >= 15 is 0 Å². The molecular formula is C30H42N6O6. The number of benzene rings is 1. The number of hydrogen-bond donors (Lipinski definition) is 4. The van der Waals surface area contributed by atoms with Gasteiger partial charge in [-0.05, 0) is 43.9 Å². The molecule has 12 heteroatoms. The minimum absolute atomic E-state index is 0.130. The number of carbonyl (C=O) groups excluding carboxylic acids is 4. The van der Waals surface area contributed by atoms with Crippen molar-refractivity contribution in [2.75, 3.05) is 39.5 Å². The normalized spacial score (nSPS) is 23.2. The van der Waals surface area contributed by atoms with E-state index < -0.39 is 35.5 Å². The van der Waals surface area contributed by atoms with Gasteiger partial charge in [-0.3, -0.25) is 24.1 Å². The van der Waals surface area contributed by atoms with E-state index in [9.17, 15) is 19.2 Å². The van der Waals surface area contributed by atoms with Gasteiger partial charge >= 0.3 is 0 Å². The van der Waals surface area contributed by atoms with Crippen molar-refractivity contribution in [2.24, 2.45) is 5.92 Å². The lowest BCUT2D eigenvalue weighted by Crippen LogP contribution is -2.57. The van der Waals surface area contributed by atoms with E-state index in [1.54, 1.807) is 20.2 Å². The van der Waals surface area contributed by atoms with Crippen LogP contribution < -0.4 is 16.0 Å². The highest BCUT2D eigenvalue weighted by molar-refractivity contribution is 5.98. The van der Waals surface area contributed by atoms with Gasteiger partial charge in [-0.1, -0.05) is 31.7 Å². The van der Waals surface area contributed by atoms with Crippen LogP contribution in [-0.4, -0.2) is 102 Å². The van der Waals surface area contributed by atoms with Crippen LogP contribution in [0.4, 0.5) is 0 Å². The van der Waals surface area contributed by atoms with Crippen molar-refractivity contribution >= 4 is 34.5 Å². The Morgan fingerprint density at radius 1 is 1.07 bits per heavy atom. The van der Waals surface area contributed by atoms with Gasteiger partial charge in [0.05, 0.1) is 49.8 Å². The van der Waals surface area contributed by atoms with Crippen LogP contribution in [0.25, 0.3) is 11.0 Å². The topological polar surface area (TPSA) is 158 Å². The molecular weight excluding hydrogens is 540 g/mol. The van der Waals surface area contributed by atoms with Crippen LogP contribution in [0.15, 0.2) is 24.5 Å². The van der Waals surface area contributed by atoms with Crippen LogP contribution in [-0.2, 0) is 35.1 Å². The molecule has 0 radical (unpaired) electrons. The summed E-state index contributed by atoms with van der Waals surface area (Å²) < 4.78 is 10.8. The maximum Gasteiger partial charge on any atom is 0.243 e. The zero-order valence-corrected chi connectivity index (χ0v) is 24.4. The van der Waals surface area contributed by atoms with Crippen molar-refractivity contribution < 1.29 is 28.7 Å². The van der Waals surface area contributed by atoms with Gasteiger partial charge < -0.3 is 30.4 Å². The van der Waals surface area contributed by atoms with Crippen molar-refractivity contribution in [2.45, 2.75) is 76.1 Å². The first-order chi connectivity index (χ1) is 20.2. The molecule has 3 amide bonds. The molecule has 4 atom stereocenters. The third kappa shape index (κ3) is 7.73. The standard InChI is InChI=1S/C30H42N6O6/c1-19(33-26(37)16-36-9-11-41-12-10-36)28(39)35-25(15-21-7-8-22-23(14-21)32-18-31-22)29(40)34-24(13-20-5-3-4-6-20)27(38)30(2)17-42-30/h7-8,14,18-20,24-25H,3-6,9-13,15-17H2,1-2H3,(H,31,32)(H,33,37)(H,34,40)(H,35,39)/t19-,24-,25-,30+/m0/s1. The Kier molecular flexibility index (Phi) is 9.54. The number of H-pyrrole nitrogens is 1. The van der Waals surface area contributed by atoms with Crippen LogP contribution in [0.5, 0.6) is 0 Å². The fourth-order valence-electron chi connectivity index (χ4n) is 5.86. The van der Waals surface area contributed by atoms with Gasteiger partial charge in [0.1, 0.15) is 17.7 Å². The van der Waals surface area contributed by atoms with Gasteiger partial charge in [-0.25, -0.2) is 4.98 Å². The van der Waals surface area contributed by atoms with Crippen molar-refractivity contribution in [3.8, 4) is 0 Å². The van der Waals surface area contributed by atoms with Crippen LogP contribution in [0.2, 0.25) is 0 Å². The van der Waals surface area contributed by atoms with Crippen molar-refractivity contribution in [3.05, 3.63) is 30.1 Å². The summed E-state index contributed by atoms with van der Waals surface area (Å²) in [4.78, 5) is 62.4. The second-order valence-corrected chi connectivity index (χ2v) is 12.0. The summed E-state index contributed by atoms with van der Waals surface area (Å²) in [5.41, 5.74) is 1.53. The summed E-state index contributed by atoms with van der Waals surface area (Å²) in [6, 6.07) is 3.08. The molecule has 228 valence electrons. The monoisotopic (exact) mass is 582 g/mol. The summed E-state index contributed by atoms with van der Waals surface area (Å²) in [5, 5.41) is 8.55. The second kappa shape index (κ2) is 13.3. The van der Waals surface area contributed by atoms with Crippen molar-refractivity contribution in [3.63, 3.8) is 0 Å². The van der Waals surface area contributed by atoms with Gasteiger partial charge in [0.2, 0.25) is 17.7 Å². The maximum atomic E-state index is 13.8. The predicted octanol–water partition coefficient (Wildman–Crippen LogP) is 0.850. The molecule has 0 spiro atoms. The number of carbonyl (C=O) groups is 4. The third-order valence-corrected chi connectivity index (χ3v) is 8.58. The highest BCUT2D eigenvalue weighted by Crippen LogP contribution is 2.33. The van der Waals surface area contributed by atoms with Gasteiger partial charge in [0.15, 0.2) is 5.78 Å². The Morgan fingerprint density at radius 2 is 1.79 bits per heavy atom. The molecule has 0 bridgehead atoms. The molecule has 1 aromatic heterocycles. The molecule has 2 saturated heterocycles. The maximum absolute atomic E-state index is 13.8. The molecule has 2 aromatic rings. The van der Waals surface area contributed by atoms with E-state index in [2.05, 4.69) is 25.9 Å². The number of amides is 3. The number of imidazole rings is 1. The lowest BCUT2D eigenvalue weighted by atomic mass is 9.90. The van der Waals surface area contributed by atoms with Gasteiger partial charge in [-0.15, -0.1) is 0 Å². The number of fused-ring (bicyclic) bond motifs is 1. The van der Waals surface area contributed by atoms with E-state index in [0.717, 1.165) is 42.3 Å². The number of hydrogen-bond acceptors (Lipinski definition) is 8. The minimum Gasteiger partial charge on any atom is -0.379 e. The Labute approximate surface area is 245 Å². The van der Waals surface area contributed by atoms with Crippen molar-refractivity contribution in [1.82, 2.24) is 30.8 Å². The molecule has 0 unspecified atom stereocenters. The number of aromatic nitrogens is 2. The summed E-state index contributed by atoms with van der Waals surface area (Å²) in [6.07, 6.45) is 6.64. The van der Waals surface area contributed by atoms with Gasteiger partial charge in [0.25, 0.3) is 0 Å². The average Bonchev–Trinajstić information content (AvgIpc) is 3.32. The highest BCUT2D eigenvalue weighted by atomic mass is 16.6. The van der Waals surface area contributed by atoms with Crippen LogP contribution >= 0.6 is 0 Å². The number of ether oxygens (including phenoxy) is 2. The Balaban J connectivity index is 1.28. The Bertz CT molecular complexity index is 1280. The zero-order chi connectivity index (χ0) is 29.7. The van der Waals surface area contributed by atoms with Crippen LogP contribution in [0, 0.1) is 5.92 Å². The average molecular weight is 583 g/mol. The fourth-order valence-corrected chi connectivity index (χ4v) is 5.86. The summed E-state index contributed by atoms with van der Waals surface area (Å²) in [7, 11) is 0. The predicted molar refractivity (Wildman–Crippen MR) is 154 cm³/mol. The number of nitrogens with one attached hydrogen (secondary N) is 4. The molecule has 42 heavy (non-hydrogen) atoms. The fraction of sp³-hybridized carbons (Fsp3) is 0.633. The molecule has 1 saturated carbocycles. The third-order valence-electron chi connectivity index (χ3n) is 8.58. The molecule has 3 fully saturated rings. The molecule has 2 aliphatic heterocycles. The SMILES string of the molecule is C[C@H](NC(=O)CN1CCOCC1)C(=O)N[C@@H](Cc1ccc2[nH]cnc2c1)C(=O)N[C@@H](CC1CCCC1)C(=O)[C@@]1(C)CO1. The molecule has 3 heterocycles. The first kappa shape index (κ1) is 30.1. The summed E-state index contributed by atoms with van der Waals surface area (Å²) in [6.45, 7) is 6.30. The van der Waals surface area contributed by atoms with E-state index in [1.165, 1.54) is 0 Å². The smallest absolute Gasteiger partial charge is 0.243 e. The minimum atomic E-state index is -0.973. The lowest BCUT2D eigenvalue weighted by Gasteiger charge is -2.27. The van der Waals surface area contributed by atoms with E-state index in [1.807, 2.05) is 23.1 Å². The zero-order valence-electron chi connectivity index (χ0n) is 24.4. The Morgan fingerprint density at radius 3 is 2.50 bits per heavy atom. The van der Waals surface area contributed by atoms with E-state index in [0.29, 0.717) is 45.2 Å².